The Hall–Kier alpha value is -3.97. The van der Waals surface area contributed by atoms with Crippen molar-refractivity contribution in [3.05, 3.63) is 87.6 Å². The lowest BCUT2D eigenvalue weighted by molar-refractivity contribution is -0.124. The first kappa shape index (κ1) is 38.5. The topological polar surface area (TPSA) is 115 Å². The van der Waals surface area contributed by atoms with Gasteiger partial charge in [-0.2, -0.15) is 0 Å². The van der Waals surface area contributed by atoms with Gasteiger partial charge in [-0.3, -0.25) is 9.59 Å². The zero-order chi connectivity index (χ0) is 35.1. The summed E-state index contributed by atoms with van der Waals surface area (Å²) in [5.74, 6) is 1.97. The average molecular weight is 656 g/mol. The second-order valence-corrected chi connectivity index (χ2v) is 13.8. The Labute approximate surface area is 288 Å². The van der Waals surface area contributed by atoms with E-state index in [0.717, 1.165) is 54.0 Å². The van der Waals surface area contributed by atoms with Crippen molar-refractivity contribution >= 4 is 23.5 Å². The highest BCUT2D eigenvalue weighted by atomic mass is 16.5. The number of hydrogen-bond acceptors (Lipinski definition) is 7. The number of pyridine rings is 1. The predicted molar refractivity (Wildman–Crippen MR) is 198 cm³/mol. The van der Waals surface area contributed by atoms with Crippen LogP contribution in [0.2, 0.25) is 0 Å². The number of aryl methyl sites for hydroxylation is 2. The van der Waals surface area contributed by atoms with Crippen LogP contribution in [0.25, 0.3) is 6.08 Å². The van der Waals surface area contributed by atoms with Gasteiger partial charge >= 0.3 is 0 Å². The minimum Gasteiger partial charge on any atom is -0.504 e. The summed E-state index contributed by atoms with van der Waals surface area (Å²) in [6, 6.07) is 11.9. The van der Waals surface area contributed by atoms with E-state index in [-0.39, 0.29) is 23.7 Å². The first-order valence-corrected chi connectivity index (χ1v) is 17.5. The summed E-state index contributed by atoms with van der Waals surface area (Å²) >= 11 is 0. The third-order valence-corrected chi connectivity index (χ3v) is 8.84. The highest BCUT2D eigenvalue weighted by Crippen LogP contribution is 2.32. The van der Waals surface area contributed by atoms with Gasteiger partial charge in [-0.1, -0.05) is 74.9 Å². The van der Waals surface area contributed by atoms with Crippen LogP contribution in [0.1, 0.15) is 111 Å². The summed E-state index contributed by atoms with van der Waals surface area (Å²) < 4.78 is 5.35. The number of Topliss-reactive ketones (excluding diaryl/α,β-unsaturated/α-hetero) is 1. The largest absolute Gasteiger partial charge is 0.504 e. The Morgan fingerprint density at radius 2 is 1.62 bits per heavy atom. The molecule has 0 radical (unpaired) electrons. The molecule has 7 heteroatoms. The van der Waals surface area contributed by atoms with Gasteiger partial charge < -0.3 is 20.9 Å². The number of unbranched alkanes of at least 4 members (excludes halogenated alkanes) is 2. The molecule has 0 bridgehead atoms. The quantitative estimate of drug-likeness (QED) is 0.0601. The van der Waals surface area contributed by atoms with E-state index in [9.17, 15) is 14.7 Å². The lowest BCUT2D eigenvalue weighted by atomic mass is 9.93. The van der Waals surface area contributed by atoms with Gasteiger partial charge in [0.25, 0.3) is 0 Å². The SMILES string of the molecule is CNC[C@H](CCCCCC(=O)CC(=O)/C=C/c1cc(OC)c(O)cc1Cc1cnc(N)c(Cc2cc(C)cc(C)c2)c1)CCCC(C)C. The molecule has 0 unspecified atom stereocenters. The molecule has 4 N–H and O–H groups in total. The number of phenolic OH excluding ortho intramolecular Hbond substituents is 1. The highest BCUT2D eigenvalue weighted by Gasteiger charge is 2.14. The Morgan fingerprint density at radius 3 is 2.31 bits per heavy atom. The Balaban J connectivity index is 1.59. The van der Waals surface area contributed by atoms with Crippen LogP contribution >= 0.6 is 0 Å². The number of rotatable bonds is 21. The highest BCUT2D eigenvalue weighted by molar-refractivity contribution is 6.06. The fourth-order valence-electron chi connectivity index (χ4n) is 6.43. The molecular weight excluding hydrogens is 598 g/mol. The van der Waals surface area contributed by atoms with Gasteiger partial charge in [0, 0.05) is 19.0 Å². The maximum absolute atomic E-state index is 12.8. The molecule has 0 fully saturated rings. The number of phenols is 1. The van der Waals surface area contributed by atoms with E-state index in [0.29, 0.717) is 36.7 Å². The number of nitrogen functional groups attached to an aromatic ring is 1. The summed E-state index contributed by atoms with van der Waals surface area (Å²) in [5, 5.41) is 13.9. The molecule has 0 aliphatic carbocycles. The van der Waals surface area contributed by atoms with Crippen LogP contribution in [0.5, 0.6) is 11.5 Å². The van der Waals surface area contributed by atoms with Gasteiger partial charge in [0.05, 0.1) is 13.5 Å². The second kappa shape index (κ2) is 19.8. The van der Waals surface area contributed by atoms with Gasteiger partial charge in [-0.05, 0) is 117 Å². The summed E-state index contributed by atoms with van der Waals surface area (Å²) in [7, 11) is 3.50. The maximum Gasteiger partial charge on any atom is 0.163 e. The maximum atomic E-state index is 12.8. The third-order valence-electron chi connectivity index (χ3n) is 8.84. The zero-order valence-electron chi connectivity index (χ0n) is 30.0. The number of nitrogens with two attached hydrogens (primary N) is 1. The van der Waals surface area contributed by atoms with Crippen LogP contribution in [0.15, 0.2) is 48.7 Å². The molecule has 0 aliphatic rings. The van der Waals surface area contributed by atoms with Gasteiger partial charge in [0.1, 0.15) is 11.6 Å². The number of carbonyl (C=O) groups excluding carboxylic acids is 2. The number of methoxy groups -OCH3 is 1. The number of anilines is 1. The van der Waals surface area contributed by atoms with Crippen molar-refractivity contribution in [3.63, 3.8) is 0 Å². The van der Waals surface area contributed by atoms with E-state index in [1.807, 2.05) is 13.1 Å². The zero-order valence-corrected chi connectivity index (χ0v) is 30.0. The van der Waals surface area contributed by atoms with Crippen LogP contribution in [-0.4, -0.2) is 42.4 Å². The predicted octanol–water partition coefficient (Wildman–Crippen LogP) is 8.33. The second-order valence-electron chi connectivity index (χ2n) is 13.8. The smallest absolute Gasteiger partial charge is 0.163 e. The summed E-state index contributed by atoms with van der Waals surface area (Å²) in [6.07, 6.45) is 14.2. The van der Waals surface area contributed by atoms with Crippen LogP contribution in [0.3, 0.4) is 0 Å². The molecule has 0 aliphatic heterocycles. The van der Waals surface area contributed by atoms with E-state index in [1.165, 1.54) is 55.6 Å². The molecule has 0 saturated heterocycles. The van der Waals surface area contributed by atoms with E-state index in [1.54, 1.807) is 24.4 Å². The summed E-state index contributed by atoms with van der Waals surface area (Å²) in [4.78, 5) is 29.9. The number of carbonyl (C=O) groups is 2. The first-order chi connectivity index (χ1) is 23.0. The van der Waals surface area contributed by atoms with E-state index < -0.39 is 0 Å². The van der Waals surface area contributed by atoms with Crippen LogP contribution in [0, 0.1) is 25.7 Å². The van der Waals surface area contributed by atoms with Crippen molar-refractivity contribution in [1.82, 2.24) is 10.3 Å². The van der Waals surface area contributed by atoms with Crippen molar-refractivity contribution < 1.29 is 19.4 Å². The van der Waals surface area contributed by atoms with E-state index in [4.69, 9.17) is 10.5 Å². The third kappa shape index (κ3) is 13.3. The number of aromatic nitrogens is 1. The number of nitrogens with zero attached hydrogens (tertiary/aromatic N) is 1. The summed E-state index contributed by atoms with van der Waals surface area (Å²) in [6.45, 7) is 9.75. The number of ether oxygens (including phenoxy) is 1. The lowest BCUT2D eigenvalue weighted by Crippen LogP contribution is -2.19. The molecular formula is C41H57N3O4. The molecule has 1 heterocycles. The molecule has 3 rings (SSSR count). The molecule has 3 aromatic rings. The van der Waals surface area contributed by atoms with Crippen molar-refractivity contribution in [1.29, 1.82) is 0 Å². The number of nitrogens with one attached hydrogen (secondary N) is 1. The van der Waals surface area contributed by atoms with Crippen molar-refractivity contribution in [2.75, 3.05) is 26.4 Å². The number of benzene rings is 2. The molecule has 1 aromatic heterocycles. The molecule has 0 spiro atoms. The standard InChI is InChI=1S/C41H57N3O4/c1-28(2)11-10-13-31(26-43-5)12-8-7-9-14-37(45)25-38(46)16-15-34-24-40(48-6)39(47)23-35(34)21-33-22-36(41(42)44-27-33)20-32-18-29(3)17-30(4)19-32/h15-19,22-24,27-28,31,43,47H,7-14,20-21,25-26H2,1-6H3,(H2,42,44)/b16-15+/t31-/m1/s1. The lowest BCUT2D eigenvalue weighted by Gasteiger charge is -2.17. The fourth-order valence-corrected chi connectivity index (χ4v) is 6.43. The van der Waals surface area contributed by atoms with Crippen LogP contribution < -0.4 is 15.8 Å². The van der Waals surface area contributed by atoms with Crippen LogP contribution in [0.4, 0.5) is 5.82 Å². The van der Waals surface area contributed by atoms with Gasteiger partial charge in [0.2, 0.25) is 0 Å². The Morgan fingerprint density at radius 1 is 0.917 bits per heavy atom. The molecule has 0 saturated carbocycles. The monoisotopic (exact) mass is 655 g/mol. The van der Waals surface area contributed by atoms with Gasteiger partial charge in [-0.25, -0.2) is 4.98 Å². The average Bonchev–Trinajstić information content (AvgIpc) is 3.01. The molecule has 0 amide bonds. The number of ketones is 2. The number of aromatic hydroxyl groups is 1. The molecule has 7 nitrogen and oxygen atoms in total. The Kier molecular flexibility index (Phi) is 15.8. The molecule has 260 valence electrons. The van der Waals surface area contributed by atoms with Crippen molar-refractivity contribution in [3.8, 4) is 11.5 Å². The molecule has 48 heavy (non-hydrogen) atoms. The van der Waals surface area contributed by atoms with Crippen LogP contribution in [-0.2, 0) is 22.4 Å². The van der Waals surface area contributed by atoms with E-state index >= 15 is 0 Å². The van der Waals surface area contributed by atoms with Crippen molar-refractivity contribution in [2.24, 2.45) is 11.8 Å². The molecule has 2 aromatic carbocycles. The van der Waals surface area contributed by atoms with Crippen molar-refractivity contribution in [2.45, 2.75) is 98.3 Å². The van der Waals surface area contributed by atoms with E-state index in [2.05, 4.69) is 56.2 Å². The minimum absolute atomic E-state index is 0.0119. The number of hydrogen-bond donors (Lipinski definition) is 3. The van der Waals surface area contributed by atoms with Gasteiger partial charge in [-0.15, -0.1) is 0 Å². The molecule has 1 atom stereocenters. The summed E-state index contributed by atoms with van der Waals surface area (Å²) in [5.41, 5.74) is 13.2. The minimum atomic E-state index is -0.234. The Bertz CT molecular complexity index is 1510. The number of allylic oxidation sites excluding steroid dienone is 1. The first-order valence-electron chi connectivity index (χ1n) is 17.5. The fraction of sp³-hybridized carbons (Fsp3) is 0.488. The normalized spacial score (nSPS) is 12.1. The van der Waals surface area contributed by atoms with Gasteiger partial charge in [0.15, 0.2) is 17.3 Å².